The molecule has 3 aliphatic rings. The Morgan fingerprint density at radius 2 is 1.79 bits per heavy atom. The van der Waals surface area contributed by atoms with Crippen LogP contribution >= 0.6 is 0 Å². The van der Waals surface area contributed by atoms with Gasteiger partial charge < -0.3 is 14.5 Å². The van der Waals surface area contributed by atoms with Crippen LogP contribution in [0.4, 0.5) is 5.69 Å². The SMILES string of the molecule is O=C(C1CC1)N1CCN(CC(=O)N2CCOc3ccccc32)CC1. The maximum Gasteiger partial charge on any atom is 0.241 e. The molecule has 0 atom stereocenters. The minimum Gasteiger partial charge on any atom is -0.490 e. The van der Waals surface area contributed by atoms with Crippen LogP contribution in [0.15, 0.2) is 24.3 Å². The number of para-hydroxylation sites is 2. The molecule has 1 aromatic rings. The Morgan fingerprint density at radius 1 is 1.04 bits per heavy atom. The average Bonchev–Trinajstić information content (AvgIpc) is 3.46. The highest BCUT2D eigenvalue weighted by Gasteiger charge is 2.35. The third-order valence-corrected chi connectivity index (χ3v) is 5.00. The van der Waals surface area contributed by atoms with E-state index in [0.29, 0.717) is 25.6 Å². The zero-order valence-corrected chi connectivity index (χ0v) is 13.8. The Morgan fingerprint density at radius 3 is 2.54 bits per heavy atom. The largest absolute Gasteiger partial charge is 0.490 e. The first-order valence-electron chi connectivity index (χ1n) is 8.76. The number of carbonyl (C=O) groups excluding carboxylic acids is 2. The first-order valence-corrected chi connectivity index (χ1v) is 8.76. The molecular weight excluding hydrogens is 306 g/mol. The molecule has 128 valence electrons. The van der Waals surface area contributed by atoms with E-state index in [-0.39, 0.29) is 11.8 Å². The number of hydrogen-bond donors (Lipinski definition) is 0. The molecule has 2 aliphatic heterocycles. The number of ether oxygens (including phenoxy) is 1. The van der Waals surface area contributed by atoms with E-state index in [4.69, 9.17) is 4.74 Å². The molecule has 1 aliphatic carbocycles. The monoisotopic (exact) mass is 329 g/mol. The summed E-state index contributed by atoms with van der Waals surface area (Å²) in [6.45, 7) is 4.55. The molecule has 0 unspecified atom stereocenters. The standard InChI is InChI=1S/C18H23N3O3/c22-17(21-11-12-24-16-4-2-1-3-15(16)21)13-19-7-9-20(10-8-19)18(23)14-5-6-14/h1-4,14H,5-13H2. The van der Waals surface area contributed by atoms with Crippen LogP contribution in [0.3, 0.4) is 0 Å². The van der Waals surface area contributed by atoms with Gasteiger partial charge in [0.15, 0.2) is 0 Å². The van der Waals surface area contributed by atoms with E-state index in [0.717, 1.165) is 50.5 Å². The third kappa shape index (κ3) is 3.11. The van der Waals surface area contributed by atoms with Gasteiger partial charge in [0.05, 0.1) is 18.8 Å². The van der Waals surface area contributed by atoms with Gasteiger partial charge in [0.25, 0.3) is 0 Å². The number of hydrogen-bond acceptors (Lipinski definition) is 4. The Labute approximate surface area is 142 Å². The molecule has 0 radical (unpaired) electrons. The Balaban J connectivity index is 1.33. The summed E-state index contributed by atoms with van der Waals surface area (Å²) in [7, 11) is 0. The van der Waals surface area contributed by atoms with Crippen LogP contribution in [0.2, 0.25) is 0 Å². The van der Waals surface area contributed by atoms with Gasteiger partial charge in [-0.15, -0.1) is 0 Å². The molecule has 6 heteroatoms. The molecule has 1 saturated carbocycles. The number of fused-ring (bicyclic) bond motifs is 1. The lowest BCUT2D eigenvalue weighted by molar-refractivity contribution is -0.134. The smallest absolute Gasteiger partial charge is 0.241 e. The first-order chi connectivity index (χ1) is 11.7. The summed E-state index contributed by atoms with van der Waals surface area (Å²) in [6, 6.07) is 7.68. The van der Waals surface area contributed by atoms with Crippen LogP contribution in [0.5, 0.6) is 5.75 Å². The minimum absolute atomic E-state index is 0.104. The highest BCUT2D eigenvalue weighted by atomic mass is 16.5. The van der Waals surface area contributed by atoms with Crippen LogP contribution in [0, 0.1) is 5.92 Å². The topological polar surface area (TPSA) is 53.1 Å². The van der Waals surface area contributed by atoms with E-state index in [2.05, 4.69) is 4.90 Å². The van der Waals surface area contributed by atoms with Crippen molar-refractivity contribution in [3.63, 3.8) is 0 Å². The van der Waals surface area contributed by atoms with E-state index >= 15 is 0 Å². The van der Waals surface area contributed by atoms with E-state index in [1.165, 1.54) is 0 Å². The number of carbonyl (C=O) groups is 2. The molecule has 6 nitrogen and oxygen atoms in total. The third-order valence-electron chi connectivity index (χ3n) is 5.00. The minimum atomic E-state index is 0.104. The van der Waals surface area contributed by atoms with Gasteiger partial charge in [0.2, 0.25) is 11.8 Å². The van der Waals surface area contributed by atoms with Crippen molar-refractivity contribution in [1.82, 2.24) is 9.80 Å². The Bertz CT molecular complexity index is 636. The highest BCUT2D eigenvalue weighted by molar-refractivity contribution is 5.96. The van der Waals surface area contributed by atoms with E-state index < -0.39 is 0 Å². The normalized spacial score (nSPS) is 21.2. The van der Waals surface area contributed by atoms with Crippen molar-refractivity contribution in [3.05, 3.63) is 24.3 Å². The summed E-state index contributed by atoms with van der Waals surface area (Å²) >= 11 is 0. The van der Waals surface area contributed by atoms with Crippen LogP contribution in [-0.4, -0.2) is 67.5 Å². The number of amides is 2. The number of benzene rings is 1. The fraction of sp³-hybridized carbons (Fsp3) is 0.556. The molecule has 0 N–H and O–H groups in total. The molecule has 2 amide bonds. The van der Waals surface area contributed by atoms with Crippen molar-refractivity contribution >= 4 is 17.5 Å². The number of piperazine rings is 1. The molecule has 0 spiro atoms. The quantitative estimate of drug-likeness (QED) is 0.829. The summed E-state index contributed by atoms with van der Waals surface area (Å²) in [5.41, 5.74) is 0.858. The van der Waals surface area contributed by atoms with Gasteiger partial charge in [-0.05, 0) is 25.0 Å². The van der Waals surface area contributed by atoms with Crippen molar-refractivity contribution in [2.24, 2.45) is 5.92 Å². The molecule has 0 bridgehead atoms. The van der Waals surface area contributed by atoms with E-state index in [1.807, 2.05) is 34.1 Å². The lowest BCUT2D eigenvalue weighted by Crippen LogP contribution is -2.52. The molecule has 24 heavy (non-hydrogen) atoms. The lowest BCUT2D eigenvalue weighted by Gasteiger charge is -2.36. The number of anilines is 1. The van der Waals surface area contributed by atoms with Crippen molar-refractivity contribution in [2.75, 3.05) is 50.8 Å². The van der Waals surface area contributed by atoms with Gasteiger partial charge in [0, 0.05) is 32.1 Å². The van der Waals surface area contributed by atoms with Gasteiger partial charge in [-0.25, -0.2) is 0 Å². The van der Waals surface area contributed by atoms with Gasteiger partial charge in [-0.3, -0.25) is 14.5 Å². The zero-order chi connectivity index (χ0) is 16.5. The van der Waals surface area contributed by atoms with E-state index in [9.17, 15) is 9.59 Å². The second kappa shape index (κ2) is 6.43. The average molecular weight is 329 g/mol. The second-order valence-electron chi connectivity index (χ2n) is 6.74. The summed E-state index contributed by atoms with van der Waals surface area (Å²) in [5.74, 6) is 1.47. The fourth-order valence-corrected chi connectivity index (χ4v) is 3.42. The summed E-state index contributed by atoms with van der Waals surface area (Å²) < 4.78 is 5.61. The Kier molecular flexibility index (Phi) is 4.14. The predicted octanol–water partition coefficient (Wildman–Crippen LogP) is 0.966. The molecule has 0 aromatic heterocycles. The molecule has 1 saturated heterocycles. The maximum atomic E-state index is 12.7. The van der Waals surface area contributed by atoms with Crippen LogP contribution in [0.25, 0.3) is 0 Å². The van der Waals surface area contributed by atoms with Crippen molar-refractivity contribution < 1.29 is 14.3 Å². The molecule has 4 rings (SSSR count). The Hall–Kier alpha value is -2.08. The first kappa shape index (κ1) is 15.4. The molecule has 1 aromatic carbocycles. The summed E-state index contributed by atoms with van der Waals surface area (Å²) in [6.07, 6.45) is 2.10. The molecule has 2 fully saturated rings. The fourth-order valence-electron chi connectivity index (χ4n) is 3.42. The van der Waals surface area contributed by atoms with Crippen molar-refractivity contribution in [3.8, 4) is 5.75 Å². The predicted molar refractivity (Wildman–Crippen MR) is 90.0 cm³/mol. The van der Waals surface area contributed by atoms with Crippen molar-refractivity contribution in [1.29, 1.82) is 0 Å². The molecule has 2 heterocycles. The van der Waals surface area contributed by atoms with Gasteiger partial charge in [-0.1, -0.05) is 12.1 Å². The van der Waals surface area contributed by atoms with Crippen LogP contribution in [0.1, 0.15) is 12.8 Å². The van der Waals surface area contributed by atoms with Gasteiger partial charge in [0.1, 0.15) is 12.4 Å². The number of rotatable bonds is 3. The second-order valence-corrected chi connectivity index (χ2v) is 6.74. The lowest BCUT2D eigenvalue weighted by atomic mass is 10.2. The summed E-state index contributed by atoms with van der Waals surface area (Å²) in [4.78, 5) is 30.7. The van der Waals surface area contributed by atoms with Gasteiger partial charge in [-0.2, -0.15) is 0 Å². The van der Waals surface area contributed by atoms with Crippen LogP contribution < -0.4 is 9.64 Å². The van der Waals surface area contributed by atoms with Crippen LogP contribution in [-0.2, 0) is 9.59 Å². The molecular formula is C18H23N3O3. The van der Waals surface area contributed by atoms with E-state index in [1.54, 1.807) is 0 Å². The number of nitrogens with zero attached hydrogens (tertiary/aromatic N) is 3. The highest BCUT2D eigenvalue weighted by Crippen LogP contribution is 2.32. The summed E-state index contributed by atoms with van der Waals surface area (Å²) in [5, 5.41) is 0. The zero-order valence-electron chi connectivity index (χ0n) is 13.8. The van der Waals surface area contributed by atoms with Crippen molar-refractivity contribution in [2.45, 2.75) is 12.8 Å². The maximum absolute atomic E-state index is 12.7. The van der Waals surface area contributed by atoms with Gasteiger partial charge >= 0.3 is 0 Å².